The van der Waals surface area contributed by atoms with E-state index in [9.17, 15) is 13.2 Å². The molecule has 6 nitrogen and oxygen atoms in total. The van der Waals surface area contributed by atoms with Crippen LogP contribution in [0.25, 0.3) is 0 Å². The van der Waals surface area contributed by atoms with Crippen molar-refractivity contribution < 1.29 is 17.6 Å². The molecule has 0 aliphatic carbocycles. The van der Waals surface area contributed by atoms with Gasteiger partial charge in [-0.2, -0.15) is 4.31 Å². The fourth-order valence-electron chi connectivity index (χ4n) is 3.42. The monoisotopic (exact) mass is 454 g/mol. The summed E-state index contributed by atoms with van der Waals surface area (Å²) in [5.41, 5.74) is 0.328. The molecule has 1 heterocycles. The smallest absolute Gasteiger partial charge is 0.244 e. The fraction of sp³-hybridized carbons (Fsp3) is 0.320. The lowest BCUT2D eigenvalue weighted by Crippen LogP contribution is -2.51. The van der Waals surface area contributed by atoms with Crippen LogP contribution < -0.4 is 0 Å². The molecule has 0 radical (unpaired) electrons. The highest BCUT2D eigenvalue weighted by Gasteiger charge is 2.36. The van der Waals surface area contributed by atoms with Crippen LogP contribution in [0.15, 0.2) is 88.4 Å². The van der Waals surface area contributed by atoms with Gasteiger partial charge in [0.15, 0.2) is 0 Å². The van der Waals surface area contributed by atoms with Crippen molar-refractivity contribution in [3.05, 3.63) is 90.4 Å². The molecule has 0 atom stereocenters. The highest BCUT2D eigenvalue weighted by Crippen LogP contribution is 2.24. The summed E-state index contributed by atoms with van der Waals surface area (Å²) in [4.78, 5) is 15.2. The van der Waals surface area contributed by atoms with Crippen molar-refractivity contribution in [3.63, 3.8) is 0 Å². The van der Waals surface area contributed by atoms with E-state index in [0.29, 0.717) is 18.7 Å². The molecule has 32 heavy (non-hydrogen) atoms. The molecule has 1 amide bonds. The zero-order valence-electron chi connectivity index (χ0n) is 18.8. The Morgan fingerprint density at radius 2 is 1.53 bits per heavy atom. The summed E-state index contributed by atoms with van der Waals surface area (Å²) < 4.78 is 33.5. The van der Waals surface area contributed by atoms with Gasteiger partial charge in [-0.15, -0.1) is 0 Å². The summed E-state index contributed by atoms with van der Waals surface area (Å²) in [6, 6.07) is 21.7. The minimum absolute atomic E-state index is 0.171. The van der Waals surface area contributed by atoms with Gasteiger partial charge in [0.05, 0.1) is 24.2 Å². The van der Waals surface area contributed by atoms with Crippen LogP contribution >= 0.6 is 0 Å². The second-order valence-corrected chi connectivity index (χ2v) is 10.5. The Morgan fingerprint density at radius 3 is 2.09 bits per heavy atom. The van der Waals surface area contributed by atoms with E-state index < -0.39 is 15.6 Å². The summed E-state index contributed by atoms with van der Waals surface area (Å²) in [6.07, 6.45) is 2.23. The maximum absolute atomic E-state index is 13.4. The predicted molar refractivity (Wildman–Crippen MR) is 124 cm³/mol. The van der Waals surface area contributed by atoms with Crippen molar-refractivity contribution in [2.24, 2.45) is 0 Å². The zero-order chi connectivity index (χ0) is 23.2. The second kappa shape index (κ2) is 10.1. The quantitative estimate of drug-likeness (QED) is 0.482. The lowest BCUT2D eigenvalue weighted by molar-refractivity contribution is -0.133. The van der Waals surface area contributed by atoms with E-state index in [1.807, 2.05) is 36.4 Å². The number of carbonyl (C=O) groups excluding carboxylic acids is 1. The van der Waals surface area contributed by atoms with Crippen molar-refractivity contribution in [2.45, 2.75) is 44.2 Å². The van der Waals surface area contributed by atoms with Gasteiger partial charge in [-0.05, 0) is 57.0 Å². The first kappa shape index (κ1) is 23.8. The van der Waals surface area contributed by atoms with E-state index in [4.69, 9.17) is 4.42 Å². The predicted octanol–water partition coefficient (Wildman–Crippen LogP) is 4.34. The number of hydrogen-bond acceptors (Lipinski definition) is 4. The molecule has 0 saturated carbocycles. The standard InChI is InChI=1S/C25H30N2O4S/c1-25(2,3)27(32(29,30)23-14-8-5-9-15-23)20-24(28)26(19-22-13-10-18-31-22)17-16-21-11-6-4-7-12-21/h4-15,18H,16-17,19-20H2,1-3H3. The molecule has 3 aromatic rings. The first-order valence-electron chi connectivity index (χ1n) is 10.6. The molecule has 0 fully saturated rings. The van der Waals surface area contributed by atoms with Gasteiger partial charge in [0.2, 0.25) is 15.9 Å². The summed E-state index contributed by atoms with van der Waals surface area (Å²) in [5.74, 6) is 0.381. The van der Waals surface area contributed by atoms with E-state index in [2.05, 4.69) is 0 Å². The molecule has 170 valence electrons. The van der Waals surface area contributed by atoms with Gasteiger partial charge < -0.3 is 9.32 Å². The molecule has 0 N–H and O–H groups in total. The third-order valence-corrected chi connectivity index (χ3v) is 7.28. The largest absolute Gasteiger partial charge is 0.467 e. The topological polar surface area (TPSA) is 70.8 Å². The Kier molecular flexibility index (Phi) is 7.53. The van der Waals surface area contributed by atoms with Crippen molar-refractivity contribution in [2.75, 3.05) is 13.1 Å². The minimum atomic E-state index is -3.85. The molecular weight excluding hydrogens is 424 g/mol. The lowest BCUT2D eigenvalue weighted by Gasteiger charge is -2.35. The number of hydrogen-bond donors (Lipinski definition) is 0. The first-order valence-corrected chi connectivity index (χ1v) is 12.0. The zero-order valence-corrected chi connectivity index (χ0v) is 19.6. The molecule has 0 unspecified atom stereocenters. The fourth-order valence-corrected chi connectivity index (χ4v) is 5.17. The average molecular weight is 455 g/mol. The number of rotatable bonds is 9. The third kappa shape index (κ3) is 6.08. The Morgan fingerprint density at radius 1 is 0.906 bits per heavy atom. The summed E-state index contributed by atoms with van der Waals surface area (Å²) in [7, 11) is -3.85. The van der Waals surface area contributed by atoms with Crippen LogP contribution in [-0.2, 0) is 27.8 Å². The van der Waals surface area contributed by atoms with Crippen molar-refractivity contribution in [1.29, 1.82) is 0 Å². The average Bonchev–Trinajstić information content (AvgIpc) is 3.28. The van der Waals surface area contributed by atoms with Crippen molar-refractivity contribution in [1.82, 2.24) is 9.21 Å². The third-order valence-electron chi connectivity index (χ3n) is 5.15. The number of benzene rings is 2. The number of furan rings is 1. The highest BCUT2D eigenvalue weighted by molar-refractivity contribution is 7.89. The number of carbonyl (C=O) groups is 1. The Balaban J connectivity index is 1.84. The van der Waals surface area contributed by atoms with Crippen LogP contribution in [0.2, 0.25) is 0 Å². The molecule has 3 rings (SSSR count). The van der Waals surface area contributed by atoms with Gasteiger partial charge in [0.1, 0.15) is 5.76 Å². The maximum Gasteiger partial charge on any atom is 0.244 e. The molecule has 1 aromatic heterocycles. The van der Waals surface area contributed by atoms with Crippen LogP contribution in [-0.4, -0.2) is 42.2 Å². The van der Waals surface area contributed by atoms with E-state index in [1.165, 1.54) is 4.31 Å². The van der Waals surface area contributed by atoms with Gasteiger partial charge in [-0.25, -0.2) is 8.42 Å². The van der Waals surface area contributed by atoms with Crippen LogP contribution in [0.5, 0.6) is 0 Å². The molecule has 0 bridgehead atoms. The Bertz CT molecular complexity index is 1090. The van der Waals surface area contributed by atoms with E-state index in [1.54, 1.807) is 68.3 Å². The Labute approximate surface area is 190 Å². The lowest BCUT2D eigenvalue weighted by atomic mass is 10.1. The van der Waals surface area contributed by atoms with Crippen LogP contribution in [0.4, 0.5) is 0 Å². The first-order chi connectivity index (χ1) is 15.2. The molecule has 0 saturated heterocycles. The molecule has 0 spiro atoms. The van der Waals surface area contributed by atoms with E-state index in [-0.39, 0.29) is 23.9 Å². The molecule has 7 heteroatoms. The van der Waals surface area contributed by atoms with Crippen molar-refractivity contribution in [3.8, 4) is 0 Å². The van der Waals surface area contributed by atoms with Gasteiger partial charge in [0.25, 0.3) is 0 Å². The van der Waals surface area contributed by atoms with Crippen molar-refractivity contribution >= 4 is 15.9 Å². The minimum Gasteiger partial charge on any atom is -0.467 e. The molecule has 2 aromatic carbocycles. The van der Waals surface area contributed by atoms with Gasteiger partial charge >= 0.3 is 0 Å². The number of nitrogens with zero attached hydrogens (tertiary/aromatic N) is 2. The molecule has 0 aliphatic heterocycles. The van der Waals surface area contributed by atoms with E-state index in [0.717, 1.165) is 5.56 Å². The number of amides is 1. The Hall–Kier alpha value is -2.90. The van der Waals surface area contributed by atoms with Crippen LogP contribution in [0.3, 0.4) is 0 Å². The maximum atomic E-state index is 13.4. The van der Waals surface area contributed by atoms with E-state index >= 15 is 0 Å². The SMILES string of the molecule is CC(C)(C)N(CC(=O)N(CCc1ccccc1)Cc1ccco1)S(=O)(=O)c1ccccc1. The van der Waals surface area contributed by atoms with Crippen LogP contribution in [0, 0.1) is 0 Å². The number of sulfonamides is 1. The normalized spacial score (nSPS) is 12.1. The summed E-state index contributed by atoms with van der Waals surface area (Å²) in [5, 5.41) is 0. The molecular formula is C25H30N2O4S. The van der Waals surface area contributed by atoms with Gasteiger partial charge in [-0.3, -0.25) is 4.79 Å². The van der Waals surface area contributed by atoms with Gasteiger partial charge in [-0.1, -0.05) is 48.5 Å². The summed E-state index contributed by atoms with van der Waals surface area (Å²) >= 11 is 0. The molecule has 0 aliphatic rings. The van der Waals surface area contributed by atoms with Crippen LogP contribution in [0.1, 0.15) is 32.1 Å². The highest BCUT2D eigenvalue weighted by atomic mass is 32.2. The summed E-state index contributed by atoms with van der Waals surface area (Å²) in [6.45, 7) is 5.86. The van der Waals surface area contributed by atoms with Gasteiger partial charge in [0, 0.05) is 12.1 Å². The second-order valence-electron chi connectivity index (χ2n) is 8.63.